The molecule has 1 aliphatic carbocycles. The highest BCUT2D eigenvalue weighted by Crippen LogP contribution is 2.30. The van der Waals surface area contributed by atoms with Crippen LogP contribution in [-0.2, 0) is 6.54 Å². The molecule has 1 saturated carbocycles. The van der Waals surface area contributed by atoms with Crippen molar-refractivity contribution in [3.8, 4) is 0 Å². The third-order valence-corrected chi connectivity index (χ3v) is 3.38. The maximum atomic E-state index is 9.78. The fourth-order valence-corrected chi connectivity index (χ4v) is 2.26. The van der Waals surface area contributed by atoms with Gasteiger partial charge in [0.1, 0.15) is 0 Å². The van der Waals surface area contributed by atoms with Crippen molar-refractivity contribution >= 4 is 11.3 Å². The molecule has 0 bridgehead atoms. The van der Waals surface area contributed by atoms with E-state index in [0.717, 1.165) is 25.9 Å². The molecule has 0 aliphatic heterocycles. The first kappa shape index (κ1) is 9.19. The van der Waals surface area contributed by atoms with Crippen LogP contribution in [0.3, 0.4) is 0 Å². The van der Waals surface area contributed by atoms with Gasteiger partial charge in [0.15, 0.2) is 0 Å². The Morgan fingerprint density at radius 3 is 2.92 bits per heavy atom. The number of aliphatic hydroxyl groups is 1. The summed E-state index contributed by atoms with van der Waals surface area (Å²) in [5.41, 5.74) is 0.920. The second-order valence-electron chi connectivity index (χ2n) is 3.81. The molecule has 3 heteroatoms. The van der Waals surface area contributed by atoms with Gasteiger partial charge in [0.25, 0.3) is 0 Å². The SMILES string of the molecule is OC1(CNCc2ccsc2)CCC1. The van der Waals surface area contributed by atoms with Gasteiger partial charge in [-0.25, -0.2) is 0 Å². The van der Waals surface area contributed by atoms with Crippen molar-refractivity contribution in [2.45, 2.75) is 31.4 Å². The fraction of sp³-hybridized carbons (Fsp3) is 0.600. The number of hydrogen-bond donors (Lipinski definition) is 2. The molecule has 0 unspecified atom stereocenters. The van der Waals surface area contributed by atoms with Gasteiger partial charge < -0.3 is 10.4 Å². The van der Waals surface area contributed by atoms with Crippen molar-refractivity contribution in [1.82, 2.24) is 5.32 Å². The van der Waals surface area contributed by atoms with Crippen LogP contribution in [0.15, 0.2) is 16.8 Å². The van der Waals surface area contributed by atoms with Crippen molar-refractivity contribution in [2.75, 3.05) is 6.54 Å². The summed E-state index contributed by atoms with van der Waals surface area (Å²) in [5.74, 6) is 0. The summed E-state index contributed by atoms with van der Waals surface area (Å²) < 4.78 is 0. The van der Waals surface area contributed by atoms with Crippen LogP contribution >= 0.6 is 11.3 Å². The average molecular weight is 197 g/mol. The Balaban J connectivity index is 1.69. The topological polar surface area (TPSA) is 32.3 Å². The van der Waals surface area contributed by atoms with Crippen LogP contribution in [0.5, 0.6) is 0 Å². The molecule has 2 nitrogen and oxygen atoms in total. The van der Waals surface area contributed by atoms with Gasteiger partial charge in [0, 0.05) is 13.1 Å². The Morgan fingerprint density at radius 2 is 2.38 bits per heavy atom. The maximum Gasteiger partial charge on any atom is 0.0771 e. The molecular formula is C10H15NOS. The predicted molar refractivity (Wildman–Crippen MR) is 54.8 cm³/mol. The third kappa shape index (κ3) is 2.30. The quantitative estimate of drug-likeness (QED) is 0.771. The molecule has 1 aliphatic rings. The van der Waals surface area contributed by atoms with E-state index in [0.29, 0.717) is 0 Å². The van der Waals surface area contributed by atoms with Crippen LogP contribution < -0.4 is 5.32 Å². The Labute approximate surface area is 82.6 Å². The summed E-state index contributed by atoms with van der Waals surface area (Å²) in [5, 5.41) is 17.3. The maximum absolute atomic E-state index is 9.78. The van der Waals surface area contributed by atoms with Crippen LogP contribution in [0.4, 0.5) is 0 Å². The van der Waals surface area contributed by atoms with E-state index in [1.807, 2.05) is 0 Å². The van der Waals surface area contributed by atoms with Crippen LogP contribution in [0.25, 0.3) is 0 Å². The lowest BCUT2D eigenvalue weighted by Gasteiger charge is -2.36. The normalized spacial score (nSPS) is 19.8. The van der Waals surface area contributed by atoms with Crippen LogP contribution in [0.1, 0.15) is 24.8 Å². The zero-order valence-electron chi connectivity index (χ0n) is 7.62. The third-order valence-electron chi connectivity index (χ3n) is 2.65. The molecule has 0 spiro atoms. The van der Waals surface area contributed by atoms with Crippen molar-refractivity contribution in [3.63, 3.8) is 0 Å². The lowest BCUT2D eigenvalue weighted by molar-refractivity contribution is -0.0314. The molecule has 0 atom stereocenters. The molecule has 2 N–H and O–H groups in total. The first-order valence-corrected chi connectivity index (χ1v) is 5.67. The minimum absolute atomic E-state index is 0.393. The Hall–Kier alpha value is -0.380. The molecule has 1 aromatic rings. The molecule has 13 heavy (non-hydrogen) atoms. The van der Waals surface area contributed by atoms with Gasteiger partial charge in [0.05, 0.1) is 5.60 Å². The summed E-state index contributed by atoms with van der Waals surface area (Å²) >= 11 is 1.71. The lowest BCUT2D eigenvalue weighted by Crippen LogP contribution is -2.45. The number of nitrogens with one attached hydrogen (secondary N) is 1. The van der Waals surface area contributed by atoms with Gasteiger partial charge in [0.2, 0.25) is 0 Å². The standard InChI is InChI=1S/C10H15NOS/c12-10(3-1-4-10)8-11-6-9-2-5-13-7-9/h2,5,7,11-12H,1,3-4,6,8H2. The van der Waals surface area contributed by atoms with E-state index in [4.69, 9.17) is 0 Å². The van der Waals surface area contributed by atoms with Crippen LogP contribution in [-0.4, -0.2) is 17.3 Å². The molecule has 1 fully saturated rings. The highest BCUT2D eigenvalue weighted by atomic mass is 32.1. The highest BCUT2D eigenvalue weighted by molar-refractivity contribution is 7.07. The Kier molecular flexibility index (Phi) is 2.67. The second kappa shape index (κ2) is 3.78. The van der Waals surface area contributed by atoms with E-state index < -0.39 is 5.60 Å². The van der Waals surface area contributed by atoms with E-state index >= 15 is 0 Å². The molecule has 0 amide bonds. The monoisotopic (exact) mass is 197 g/mol. The molecule has 0 radical (unpaired) electrons. The molecule has 0 aromatic carbocycles. The zero-order chi connectivity index (χ0) is 9.15. The van der Waals surface area contributed by atoms with Crippen molar-refractivity contribution in [3.05, 3.63) is 22.4 Å². The minimum Gasteiger partial charge on any atom is -0.389 e. The summed E-state index contributed by atoms with van der Waals surface area (Å²) in [6, 6.07) is 2.11. The van der Waals surface area contributed by atoms with Gasteiger partial charge in [-0.1, -0.05) is 0 Å². The van der Waals surface area contributed by atoms with Gasteiger partial charge in [-0.15, -0.1) is 0 Å². The van der Waals surface area contributed by atoms with E-state index in [1.54, 1.807) is 11.3 Å². The molecule has 2 rings (SSSR count). The molecule has 72 valence electrons. The van der Waals surface area contributed by atoms with Crippen molar-refractivity contribution < 1.29 is 5.11 Å². The lowest BCUT2D eigenvalue weighted by atomic mass is 9.80. The molecule has 1 heterocycles. The van der Waals surface area contributed by atoms with Gasteiger partial charge in [-0.05, 0) is 41.7 Å². The molecular weight excluding hydrogens is 182 g/mol. The Bertz CT molecular complexity index is 254. The van der Waals surface area contributed by atoms with E-state index in [-0.39, 0.29) is 0 Å². The first-order valence-electron chi connectivity index (χ1n) is 4.73. The van der Waals surface area contributed by atoms with Crippen molar-refractivity contribution in [1.29, 1.82) is 0 Å². The van der Waals surface area contributed by atoms with E-state index in [2.05, 4.69) is 22.1 Å². The molecule has 0 saturated heterocycles. The number of rotatable bonds is 4. The highest BCUT2D eigenvalue weighted by Gasteiger charge is 2.33. The zero-order valence-corrected chi connectivity index (χ0v) is 8.44. The smallest absolute Gasteiger partial charge is 0.0771 e. The number of hydrogen-bond acceptors (Lipinski definition) is 3. The van der Waals surface area contributed by atoms with Crippen molar-refractivity contribution in [2.24, 2.45) is 0 Å². The van der Waals surface area contributed by atoms with Crippen LogP contribution in [0, 0.1) is 0 Å². The molecule has 1 aromatic heterocycles. The number of thiophene rings is 1. The van der Waals surface area contributed by atoms with Gasteiger partial charge >= 0.3 is 0 Å². The largest absolute Gasteiger partial charge is 0.389 e. The van der Waals surface area contributed by atoms with E-state index in [1.165, 1.54) is 12.0 Å². The second-order valence-corrected chi connectivity index (χ2v) is 4.59. The summed E-state index contributed by atoms with van der Waals surface area (Å²) in [7, 11) is 0. The summed E-state index contributed by atoms with van der Waals surface area (Å²) in [4.78, 5) is 0. The van der Waals surface area contributed by atoms with Gasteiger partial charge in [-0.2, -0.15) is 11.3 Å². The summed E-state index contributed by atoms with van der Waals surface area (Å²) in [6.45, 7) is 1.62. The van der Waals surface area contributed by atoms with Gasteiger partial charge in [-0.3, -0.25) is 0 Å². The predicted octanol–water partition coefficient (Wildman–Crippen LogP) is 1.75. The van der Waals surface area contributed by atoms with Crippen LogP contribution in [0.2, 0.25) is 0 Å². The fourth-order valence-electron chi connectivity index (χ4n) is 1.59. The first-order chi connectivity index (χ1) is 6.29. The summed E-state index contributed by atoms with van der Waals surface area (Å²) in [6.07, 6.45) is 3.10. The average Bonchev–Trinajstić information content (AvgIpc) is 2.54. The Morgan fingerprint density at radius 1 is 1.54 bits per heavy atom. The van der Waals surface area contributed by atoms with E-state index in [9.17, 15) is 5.11 Å². The minimum atomic E-state index is -0.393.